The monoisotopic (exact) mass is 446 g/mol. The number of carbonyl (C=O) groups excluding carboxylic acids is 1. The highest BCUT2D eigenvalue weighted by atomic mass is 32.2. The topological polar surface area (TPSA) is 90.5 Å². The molecule has 0 radical (unpaired) electrons. The summed E-state index contributed by atoms with van der Waals surface area (Å²) < 4.78 is 27.2. The van der Waals surface area contributed by atoms with Crippen LogP contribution in [0.15, 0.2) is 47.4 Å². The molecular weight excluding hydrogens is 412 g/mol. The van der Waals surface area contributed by atoms with E-state index in [9.17, 15) is 13.2 Å². The van der Waals surface area contributed by atoms with Gasteiger partial charge in [-0.05, 0) is 42.7 Å². The average molecular weight is 447 g/mol. The second-order valence-corrected chi connectivity index (χ2v) is 9.41. The van der Waals surface area contributed by atoms with E-state index in [2.05, 4.69) is 29.8 Å². The maximum absolute atomic E-state index is 12.9. The second kappa shape index (κ2) is 11.2. The molecule has 0 aromatic heterocycles. The van der Waals surface area contributed by atoms with Gasteiger partial charge in [0, 0.05) is 25.3 Å². The molecule has 0 bridgehead atoms. The standard InChI is InChI=1S/C23H34N4O3S/c1-6-24-21-14-13-18(31(29,30)27(7-2)8-3)15-22(21)25-16-23(28)26-20-12-10-9-11-19(20)17(4)5/h9-15,17,24-25H,6-8,16H2,1-5H3,(H,26,28). The third kappa shape index (κ3) is 6.21. The lowest BCUT2D eigenvalue weighted by molar-refractivity contribution is -0.114. The first kappa shape index (κ1) is 24.7. The average Bonchev–Trinajstić information content (AvgIpc) is 2.74. The Morgan fingerprint density at radius 1 is 0.935 bits per heavy atom. The molecule has 0 atom stereocenters. The molecule has 0 heterocycles. The fourth-order valence-corrected chi connectivity index (χ4v) is 4.86. The number of nitrogens with zero attached hydrogens (tertiary/aromatic N) is 1. The van der Waals surface area contributed by atoms with E-state index in [1.54, 1.807) is 18.2 Å². The fraction of sp³-hybridized carbons (Fsp3) is 0.435. The number of nitrogens with one attached hydrogen (secondary N) is 3. The highest BCUT2D eigenvalue weighted by Crippen LogP contribution is 2.28. The van der Waals surface area contributed by atoms with Crippen LogP contribution in [0.2, 0.25) is 0 Å². The summed E-state index contributed by atoms with van der Waals surface area (Å²) in [5.41, 5.74) is 3.17. The molecule has 170 valence electrons. The summed E-state index contributed by atoms with van der Waals surface area (Å²) in [7, 11) is -3.59. The van der Waals surface area contributed by atoms with Gasteiger partial charge in [-0.25, -0.2) is 8.42 Å². The lowest BCUT2D eigenvalue weighted by atomic mass is 10.0. The van der Waals surface area contributed by atoms with Crippen LogP contribution < -0.4 is 16.0 Å². The molecule has 7 nitrogen and oxygen atoms in total. The molecular formula is C23H34N4O3S. The Balaban J connectivity index is 2.22. The van der Waals surface area contributed by atoms with E-state index in [-0.39, 0.29) is 23.3 Å². The van der Waals surface area contributed by atoms with Gasteiger partial charge < -0.3 is 16.0 Å². The minimum absolute atomic E-state index is 0.0135. The van der Waals surface area contributed by atoms with Crippen molar-refractivity contribution in [2.24, 2.45) is 0 Å². The third-order valence-electron chi connectivity index (χ3n) is 5.00. The predicted octanol–water partition coefficient (Wildman–Crippen LogP) is 4.32. The van der Waals surface area contributed by atoms with E-state index in [0.717, 1.165) is 16.9 Å². The van der Waals surface area contributed by atoms with Gasteiger partial charge in [-0.1, -0.05) is 45.9 Å². The Kier molecular flexibility index (Phi) is 8.88. The highest BCUT2D eigenvalue weighted by Gasteiger charge is 2.22. The van der Waals surface area contributed by atoms with Crippen LogP contribution >= 0.6 is 0 Å². The van der Waals surface area contributed by atoms with E-state index in [1.807, 2.05) is 45.0 Å². The molecule has 0 aliphatic rings. The second-order valence-electron chi connectivity index (χ2n) is 7.47. The molecule has 2 rings (SSSR count). The van der Waals surface area contributed by atoms with Gasteiger partial charge in [-0.2, -0.15) is 4.31 Å². The molecule has 0 spiro atoms. The fourth-order valence-electron chi connectivity index (χ4n) is 3.37. The molecule has 8 heteroatoms. The number of anilines is 3. The number of hydrogen-bond donors (Lipinski definition) is 3. The maximum atomic E-state index is 12.9. The van der Waals surface area contributed by atoms with Crippen molar-refractivity contribution in [3.8, 4) is 0 Å². The smallest absolute Gasteiger partial charge is 0.243 e. The Labute approximate surface area is 186 Å². The van der Waals surface area contributed by atoms with Gasteiger partial charge in [-0.3, -0.25) is 4.79 Å². The largest absolute Gasteiger partial charge is 0.384 e. The molecule has 0 unspecified atom stereocenters. The molecule has 1 amide bonds. The molecule has 2 aromatic carbocycles. The minimum Gasteiger partial charge on any atom is -0.384 e. The first-order valence-corrected chi connectivity index (χ1v) is 12.2. The van der Waals surface area contributed by atoms with E-state index in [0.29, 0.717) is 25.3 Å². The number of para-hydroxylation sites is 1. The summed E-state index contributed by atoms with van der Waals surface area (Å²) >= 11 is 0. The number of rotatable bonds is 11. The number of benzene rings is 2. The number of hydrogen-bond acceptors (Lipinski definition) is 5. The van der Waals surface area contributed by atoms with Crippen LogP contribution in [0.1, 0.15) is 46.1 Å². The Morgan fingerprint density at radius 3 is 2.23 bits per heavy atom. The zero-order valence-electron chi connectivity index (χ0n) is 19.0. The maximum Gasteiger partial charge on any atom is 0.243 e. The number of sulfonamides is 1. The molecule has 0 saturated heterocycles. The first-order valence-electron chi connectivity index (χ1n) is 10.7. The highest BCUT2D eigenvalue weighted by molar-refractivity contribution is 7.89. The van der Waals surface area contributed by atoms with Crippen molar-refractivity contribution in [2.75, 3.05) is 42.1 Å². The van der Waals surface area contributed by atoms with Gasteiger partial charge in [0.2, 0.25) is 15.9 Å². The molecule has 31 heavy (non-hydrogen) atoms. The van der Waals surface area contributed by atoms with E-state index in [1.165, 1.54) is 4.31 Å². The zero-order chi connectivity index (χ0) is 23.0. The van der Waals surface area contributed by atoms with E-state index < -0.39 is 10.0 Å². The van der Waals surface area contributed by atoms with Gasteiger partial charge in [0.1, 0.15) is 0 Å². The van der Waals surface area contributed by atoms with Crippen LogP contribution in [0.3, 0.4) is 0 Å². The van der Waals surface area contributed by atoms with E-state index in [4.69, 9.17) is 0 Å². The van der Waals surface area contributed by atoms with Crippen LogP contribution in [-0.4, -0.2) is 44.8 Å². The van der Waals surface area contributed by atoms with Crippen LogP contribution in [0.4, 0.5) is 17.1 Å². The summed E-state index contributed by atoms with van der Waals surface area (Å²) in [6.07, 6.45) is 0. The SMILES string of the molecule is CCNc1ccc(S(=O)(=O)N(CC)CC)cc1NCC(=O)Nc1ccccc1C(C)C. The van der Waals surface area contributed by atoms with Crippen LogP contribution in [0, 0.1) is 0 Å². The van der Waals surface area contributed by atoms with Crippen molar-refractivity contribution in [1.82, 2.24) is 4.31 Å². The summed E-state index contributed by atoms with van der Waals surface area (Å²) in [5, 5.41) is 9.25. The molecule has 2 aromatic rings. The first-order chi connectivity index (χ1) is 14.7. The van der Waals surface area contributed by atoms with Crippen LogP contribution in [-0.2, 0) is 14.8 Å². The summed E-state index contributed by atoms with van der Waals surface area (Å²) in [5.74, 6) is 0.0827. The van der Waals surface area contributed by atoms with Crippen molar-refractivity contribution in [1.29, 1.82) is 0 Å². The zero-order valence-corrected chi connectivity index (χ0v) is 19.8. The quantitative estimate of drug-likeness (QED) is 0.478. The van der Waals surface area contributed by atoms with E-state index >= 15 is 0 Å². The molecule has 0 aliphatic heterocycles. The van der Waals surface area contributed by atoms with Gasteiger partial charge >= 0.3 is 0 Å². The predicted molar refractivity (Wildman–Crippen MR) is 128 cm³/mol. The summed E-state index contributed by atoms with van der Waals surface area (Å²) in [4.78, 5) is 12.8. The Morgan fingerprint density at radius 2 is 1.61 bits per heavy atom. The van der Waals surface area contributed by atoms with Crippen molar-refractivity contribution >= 4 is 33.0 Å². The van der Waals surface area contributed by atoms with Gasteiger partial charge in [0.25, 0.3) is 0 Å². The molecule has 0 fully saturated rings. The molecule has 3 N–H and O–H groups in total. The summed E-state index contributed by atoms with van der Waals surface area (Å²) in [6, 6.07) is 12.6. The minimum atomic E-state index is -3.59. The lowest BCUT2D eigenvalue weighted by Gasteiger charge is -2.20. The van der Waals surface area contributed by atoms with Crippen molar-refractivity contribution in [3.05, 3.63) is 48.0 Å². The molecule has 0 aliphatic carbocycles. The van der Waals surface area contributed by atoms with Crippen molar-refractivity contribution in [3.63, 3.8) is 0 Å². The normalized spacial score (nSPS) is 11.6. The van der Waals surface area contributed by atoms with Gasteiger partial charge in [0.05, 0.1) is 22.8 Å². The lowest BCUT2D eigenvalue weighted by Crippen LogP contribution is -2.30. The number of carbonyl (C=O) groups is 1. The van der Waals surface area contributed by atoms with Crippen LogP contribution in [0.25, 0.3) is 0 Å². The Hall–Kier alpha value is -2.58. The number of amides is 1. The van der Waals surface area contributed by atoms with Crippen molar-refractivity contribution < 1.29 is 13.2 Å². The van der Waals surface area contributed by atoms with Crippen molar-refractivity contribution in [2.45, 2.75) is 45.4 Å². The van der Waals surface area contributed by atoms with Crippen LogP contribution in [0.5, 0.6) is 0 Å². The Bertz CT molecular complexity index is 986. The van der Waals surface area contributed by atoms with Gasteiger partial charge in [-0.15, -0.1) is 0 Å². The van der Waals surface area contributed by atoms with Gasteiger partial charge in [0.15, 0.2) is 0 Å². The summed E-state index contributed by atoms with van der Waals surface area (Å²) in [6.45, 7) is 11.2. The molecule has 0 saturated carbocycles. The third-order valence-corrected chi connectivity index (χ3v) is 7.04.